The van der Waals surface area contributed by atoms with E-state index in [2.05, 4.69) is 10.3 Å². The Morgan fingerprint density at radius 1 is 0.967 bits per heavy atom. The molecule has 0 aliphatic rings. The van der Waals surface area contributed by atoms with Gasteiger partial charge in [-0.05, 0) is 47.5 Å². The topological polar surface area (TPSA) is 60.5 Å². The fourth-order valence-corrected chi connectivity index (χ4v) is 2.71. The maximum Gasteiger partial charge on any atom is 0.416 e. The van der Waals surface area contributed by atoms with Crippen LogP contribution in [0, 0.1) is 0 Å². The standard InChI is InChI=1S/C22H19F3N2O3/c1-29-19-7-6-18(13-20(19)30-14-16-8-10-26-11-9-16)27-21(28)12-15-2-4-17(5-3-15)22(23,24)25/h2-11,13H,12,14H2,1H3,(H,27,28). The van der Waals surface area contributed by atoms with Crippen molar-refractivity contribution in [3.05, 3.63) is 83.7 Å². The number of methoxy groups -OCH3 is 1. The number of carbonyl (C=O) groups is 1. The van der Waals surface area contributed by atoms with Crippen molar-refractivity contribution < 1.29 is 27.4 Å². The quantitative estimate of drug-likeness (QED) is 0.597. The van der Waals surface area contributed by atoms with Gasteiger partial charge in [0.25, 0.3) is 0 Å². The second kappa shape index (κ2) is 9.30. The maximum atomic E-state index is 12.6. The molecule has 1 aromatic heterocycles. The van der Waals surface area contributed by atoms with E-state index in [4.69, 9.17) is 9.47 Å². The largest absolute Gasteiger partial charge is 0.493 e. The van der Waals surface area contributed by atoms with Crippen LogP contribution in [-0.2, 0) is 24.0 Å². The molecule has 0 aliphatic carbocycles. The van der Waals surface area contributed by atoms with Crippen LogP contribution in [0.1, 0.15) is 16.7 Å². The zero-order chi connectivity index (χ0) is 21.6. The number of halogens is 3. The lowest BCUT2D eigenvalue weighted by molar-refractivity contribution is -0.137. The van der Waals surface area contributed by atoms with Crippen LogP contribution in [0.3, 0.4) is 0 Å². The van der Waals surface area contributed by atoms with Crippen LogP contribution in [0.15, 0.2) is 67.0 Å². The van der Waals surface area contributed by atoms with Crippen molar-refractivity contribution >= 4 is 11.6 Å². The van der Waals surface area contributed by atoms with Gasteiger partial charge in [-0.2, -0.15) is 13.2 Å². The number of nitrogens with one attached hydrogen (secondary N) is 1. The van der Waals surface area contributed by atoms with Gasteiger partial charge in [-0.25, -0.2) is 0 Å². The van der Waals surface area contributed by atoms with Gasteiger partial charge in [-0.3, -0.25) is 9.78 Å². The van der Waals surface area contributed by atoms with Gasteiger partial charge >= 0.3 is 6.18 Å². The van der Waals surface area contributed by atoms with Gasteiger partial charge in [0.15, 0.2) is 11.5 Å². The lowest BCUT2D eigenvalue weighted by atomic mass is 10.1. The van der Waals surface area contributed by atoms with Crippen LogP contribution < -0.4 is 14.8 Å². The minimum atomic E-state index is -4.41. The highest BCUT2D eigenvalue weighted by Crippen LogP contribution is 2.31. The second-order valence-corrected chi connectivity index (χ2v) is 6.43. The van der Waals surface area contributed by atoms with Crippen LogP contribution in [0.5, 0.6) is 11.5 Å². The molecule has 0 radical (unpaired) electrons. The molecule has 0 unspecified atom stereocenters. The molecule has 2 aromatic carbocycles. The average molecular weight is 416 g/mol. The summed E-state index contributed by atoms with van der Waals surface area (Å²) in [6.07, 6.45) is -1.14. The van der Waals surface area contributed by atoms with E-state index < -0.39 is 11.7 Å². The summed E-state index contributed by atoms with van der Waals surface area (Å²) in [6, 6.07) is 13.1. The fourth-order valence-electron chi connectivity index (χ4n) is 2.71. The van der Waals surface area contributed by atoms with Gasteiger partial charge in [0.1, 0.15) is 6.61 Å². The van der Waals surface area contributed by atoms with Gasteiger partial charge in [-0.15, -0.1) is 0 Å². The van der Waals surface area contributed by atoms with Crippen LogP contribution in [-0.4, -0.2) is 18.0 Å². The monoisotopic (exact) mass is 416 g/mol. The van der Waals surface area contributed by atoms with Crippen molar-refractivity contribution in [3.8, 4) is 11.5 Å². The van der Waals surface area contributed by atoms with Crippen molar-refractivity contribution in [2.45, 2.75) is 19.2 Å². The van der Waals surface area contributed by atoms with Crippen molar-refractivity contribution in [1.29, 1.82) is 0 Å². The van der Waals surface area contributed by atoms with Crippen LogP contribution in [0.25, 0.3) is 0 Å². The molecule has 0 spiro atoms. The Bertz CT molecular complexity index is 991. The molecule has 5 nitrogen and oxygen atoms in total. The number of ether oxygens (including phenoxy) is 2. The molecule has 8 heteroatoms. The summed E-state index contributed by atoms with van der Waals surface area (Å²) in [5, 5.41) is 2.72. The molecule has 0 atom stereocenters. The first-order valence-corrected chi connectivity index (χ1v) is 9.01. The van der Waals surface area contributed by atoms with Gasteiger partial charge in [0.2, 0.25) is 5.91 Å². The number of carbonyl (C=O) groups excluding carboxylic acids is 1. The summed E-state index contributed by atoms with van der Waals surface area (Å²) in [5.74, 6) is 0.589. The molecule has 1 amide bonds. The highest BCUT2D eigenvalue weighted by molar-refractivity contribution is 5.92. The Hall–Kier alpha value is -3.55. The van der Waals surface area contributed by atoms with Crippen molar-refractivity contribution in [2.24, 2.45) is 0 Å². The van der Waals surface area contributed by atoms with E-state index in [1.807, 2.05) is 12.1 Å². The number of hydrogen-bond donors (Lipinski definition) is 1. The Balaban J connectivity index is 1.64. The summed E-state index contributed by atoms with van der Waals surface area (Å²) >= 11 is 0. The van der Waals surface area contributed by atoms with Gasteiger partial charge in [0, 0.05) is 24.1 Å². The molecule has 1 heterocycles. The smallest absolute Gasteiger partial charge is 0.416 e. The zero-order valence-corrected chi connectivity index (χ0v) is 16.1. The molecule has 0 fully saturated rings. The third kappa shape index (κ3) is 5.73. The number of nitrogens with zero attached hydrogens (tertiary/aromatic N) is 1. The summed E-state index contributed by atoms with van der Waals surface area (Å²) in [4.78, 5) is 16.2. The maximum absolute atomic E-state index is 12.6. The van der Waals surface area contributed by atoms with E-state index in [1.54, 1.807) is 30.6 Å². The molecule has 1 N–H and O–H groups in total. The number of amides is 1. The molecule has 0 saturated carbocycles. The highest BCUT2D eigenvalue weighted by Gasteiger charge is 2.29. The number of anilines is 1. The van der Waals surface area contributed by atoms with E-state index in [9.17, 15) is 18.0 Å². The number of rotatable bonds is 7. The Morgan fingerprint density at radius 3 is 2.30 bits per heavy atom. The Labute approximate surface area is 171 Å². The summed E-state index contributed by atoms with van der Waals surface area (Å²) in [5.41, 5.74) is 1.13. The second-order valence-electron chi connectivity index (χ2n) is 6.43. The lowest BCUT2D eigenvalue weighted by Gasteiger charge is -2.13. The molecule has 0 saturated heterocycles. The Morgan fingerprint density at radius 2 is 1.67 bits per heavy atom. The lowest BCUT2D eigenvalue weighted by Crippen LogP contribution is -2.15. The van der Waals surface area contributed by atoms with Crippen molar-refractivity contribution in [1.82, 2.24) is 4.98 Å². The van der Waals surface area contributed by atoms with E-state index in [1.165, 1.54) is 19.2 Å². The molecular formula is C22H19F3N2O3. The average Bonchev–Trinajstić information content (AvgIpc) is 2.73. The van der Waals surface area contributed by atoms with E-state index in [-0.39, 0.29) is 12.3 Å². The van der Waals surface area contributed by atoms with Crippen LogP contribution in [0.4, 0.5) is 18.9 Å². The summed E-state index contributed by atoms with van der Waals surface area (Å²) < 4.78 is 49.0. The van der Waals surface area contributed by atoms with Gasteiger partial charge in [0.05, 0.1) is 19.1 Å². The first-order chi connectivity index (χ1) is 14.3. The number of aromatic nitrogens is 1. The predicted octanol–water partition coefficient (Wildman–Crippen LogP) is 4.87. The molecule has 3 aromatic rings. The first kappa shape index (κ1) is 21.2. The summed E-state index contributed by atoms with van der Waals surface area (Å²) in [6.45, 7) is 0.293. The van der Waals surface area contributed by atoms with Gasteiger partial charge in [-0.1, -0.05) is 12.1 Å². The zero-order valence-electron chi connectivity index (χ0n) is 16.1. The number of alkyl halides is 3. The Kier molecular flexibility index (Phi) is 6.56. The first-order valence-electron chi connectivity index (χ1n) is 9.01. The van der Waals surface area contributed by atoms with Crippen LogP contribution in [0.2, 0.25) is 0 Å². The van der Waals surface area contributed by atoms with E-state index in [0.717, 1.165) is 17.7 Å². The third-order valence-corrected chi connectivity index (χ3v) is 4.24. The van der Waals surface area contributed by atoms with E-state index in [0.29, 0.717) is 29.4 Å². The fraction of sp³-hybridized carbons (Fsp3) is 0.182. The van der Waals surface area contributed by atoms with E-state index >= 15 is 0 Å². The number of benzene rings is 2. The number of hydrogen-bond acceptors (Lipinski definition) is 4. The molecule has 0 bridgehead atoms. The molecule has 30 heavy (non-hydrogen) atoms. The molecular weight excluding hydrogens is 397 g/mol. The van der Waals surface area contributed by atoms with Gasteiger partial charge < -0.3 is 14.8 Å². The molecule has 3 rings (SSSR count). The molecule has 156 valence electrons. The highest BCUT2D eigenvalue weighted by atomic mass is 19.4. The summed E-state index contributed by atoms with van der Waals surface area (Å²) in [7, 11) is 1.51. The number of pyridine rings is 1. The van der Waals surface area contributed by atoms with Crippen molar-refractivity contribution in [2.75, 3.05) is 12.4 Å². The van der Waals surface area contributed by atoms with Crippen molar-refractivity contribution in [3.63, 3.8) is 0 Å². The predicted molar refractivity (Wildman–Crippen MR) is 105 cm³/mol. The SMILES string of the molecule is COc1ccc(NC(=O)Cc2ccc(C(F)(F)F)cc2)cc1OCc1ccncc1. The minimum Gasteiger partial charge on any atom is -0.493 e. The molecule has 0 aliphatic heterocycles. The normalized spacial score (nSPS) is 11.1. The third-order valence-electron chi connectivity index (χ3n) is 4.24. The minimum absolute atomic E-state index is 0.0582. The van der Waals surface area contributed by atoms with Crippen LogP contribution >= 0.6 is 0 Å².